The number of hydrogen-bond acceptors (Lipinski definition) is 6. The average Bonchev–Trinajstić information content (AvgIpc) is 3.37. The maximum atomic E-state index is 12.8. The van der Waals surface area contributed by atoms with Crippen molar-refractivity contribution in [3.05, 3.63) is 59.5 Å². The smallest absolute Gasteiger partial charge is 0.276 e. The lowest BCUT2D eigenvalue weighted by Gasteiger charge is -2.28. The van der Waals surface area contributed by atoms with Crippen molar-refractivity contribution in [1.82, 2.24) is 24.1 Å². The fourth-order valence-electron chi connectivity index (χ4n) is 3.61. The second-order valence-corrected chi connectivity index (χ2v) is 7.59. The highest BCUT2D eigenvalue weighted by Crippen LogP contribution is 2.25. The number of imidazole rings is 1. The van der Waals surface area contributed by atoms with Crippen LogP contribution in [0.5, 0.6) is 0 Å². The quantitative estimate of drug-likeness (QED) is 0.528. The molecule has 1 aliphatic rings. The number of rotatable bonds is 4. The standard InChI is InChI=1S/C21H20ClN7O2/c1-27-19(15(22)12-23-27)20(30)25-17-11-18-24-16(14-5-3-2-4-6-14)13-29(18)21(26-17)28-7-9-31-10-8-28/h2-6,11-13H,7-10H2,1H3,(H,25,30). The number of carbonyl (C=O) groups excluding carboxylic acids is 1. The lowest BCUT2D eigenvalue weighted by molar-refractivity contribution is 0.101. The Bertz CT molecular complexity index is 1230. The Morgan fingerprint density at radius 1 is 1.16 bits per heavy atom. The Hall–Kier alpha value is -3.43. The van der Waals surface area contributed by atoms with Crippen LogP contribution in [0.3, 0.4) is 0 Å². The van der Waals surface area contributed by atoms with Crippen molar-refractivity contribution in [1.29, 1.82) is 0 Å². The fraction of sp³-hybridized carbons (Fsp3) is 0.238. The molecule has 0 bridgehead atoms. The van der Waals surface area contributed by atoms with E-state index in [-0.39, 0.29) is 16.6 Å². The van der Waals surface area contributed by atoms with Crippen molar-refractivity contribution in [3.8, 4) is 11.3 Å². The van der Waals surface area contributed by atoms with Gasteiger partial charge in [0.15, 0.2) is 0 Å². The highest BCUT2D eigenvalue weighted by atomic mass is 35.5. The van der Waals surface area contributed by atoms with Crippen LogP contribution in [-0.2, 0) is 11.8 Å². The molecule has 9 nitrogen and oxygen atoms in total. The summed E-state index contributed by atoms with van der Waals surface area (Å²) in [5.41, 5.74) is 2.78. The Balaban J connectivity index is 1.58. The minimum absolute atomic E-state index is 0.268. The summed E-state index contributed by atoms with van der Waals surface area (Å²) in [5.74, 6) is 0.702. The zero-order chi connectivity index (χ0) is 21.4. The number of aromatic nitrogens is 5. The van der Waals surface area contributed by atoms with Crippen molar-refractivity contribution in [3.63, 3.8) is 0 Å². The van der Waals surface area contributed by atoms with Gasteiger partial charge in [-0.15, -0.1) is 0 Å². The Kier molecular flexibility index (Phi) is 5.05. The third kappa shape index (κ3) is 3.73. The lowest BCUT2D eigenvalue weighted by atomic mass is 10.2. The van der Waals surface area contributed by atoms with E-state index in [1.54, 1.807) is 13.1 Å². The van der Waals surface area contributed by atoms with Gasteiger partial charge in [-0.3, -0.25) is 13.9 Å². The van der Waals surface area contributed by atoms with Crippen molar-refractivity contribution in [2.24, 2.45) is 7.05 Å². The van der Waals surface area contributed by atoms with E-state index in [1.807, 2.05) is 40.9 Å². The Labute approximate surface area is 183 Å². The monoisotopic (exact) mass is 437 g/mol. The van der Waals surface area contributed by atoms with E-state index in [2.05, 4.69) is 15.3 Å². The van der Waals surface area contributed by atoms with Crippen molar-refractivity contribution >= 4 is 34.9 Å². The van der Waals surface area contributed by atoms with Gasteiger partial charge >= 0.3 is 0 Å². The molecule has 4 heterocycles. The average molecular weight is 438 g/mol. The highest BCUT2D eigenvalue weighted by molar-refractivity contribution is 6.34. The molecule has 3 aromatic heterocycles. The molecule has 4 aromatic rings. The molecule has 1 saturated heterocycles. The molecule has 158 valence electrons. The summed E-state index contributed by atoms with van der Waals surface area (Å²) in [7, 11) is 1.66. The van der Waals surface area contributed by atoms with Gasteiger partial charge in [-0.2, -0.15) is 10.1 Å². The largest absolute Gasteiger partial charge is 0.378 e. The molecule has 31 heavy (non-hydrogen) atoms. The molecule has 0 unspecified atom stereocenters. The number of halogens is 1. The molecule has 1 aromatic carbocycles. The van der Waals surface area contributed by atoms with E-state index in [1.165, 1.54) is 10.9 Å². The first-order chi connectivity index (χ1) is 15.1. The summed E-state index contributed by atoms with van der Waals surface area (Å²) in [6.07, 6.45) is 3.40. The number of hydrogen-bond donors (Lipinski definition) is 1. The van der Waals surface area contributed by atoms with E-state index in [9.17, 15) is 4.79 Å². The number of ether oxygens (including phenoxy) is 1. The summed E-state index contributed by atoms with van der Waals surface area (Å²) >= 11 is 6.12. The summed E-state index contributed by atoms with van der Waals surface area (Å²) in [4.78, 5) is 24.4. The van der Waals surface area contributed by atoms with Crippen LogP contribution in [-0.4, -0.2) is 56.4 Å². The number of morpholine rings is 1. The zero-order valence-electron chi connectivity index (χ0n) is 16.8. The molecule has 0 radical (unpaired) electrons. The van der Waals surface area contributed by atoms with Gasteiger partial charge in [-0.1, -0.05) is 41.9 Å². The zero-order valence-corrected chi connectivity index (χ0v) is 17.6. The van der Waals surface area contributed by atoms with Gasteiger partial charge in [-0.25, -0.2) is 4.98 Å². The first kappa shape index (κ1) is 19.5. The van der Waals surface area contributed by atoms with Crippen LogP contribution in [0.1, 0.15) is 10.5 Å². The number of nitrogens with one attached hydrogen (secondary N) is 1. The van der Waals surface area contributed by atoms with E-state index in [4.69, 9.17) is 26.3 Å². The van der Waals surface area contributed by atoms with E-state index in [0.29, 0.717) is 43.7 Å². The third-order valence-electron chi connectivity index (χ3n) is 5.15. The summed E-state index contributed by atoms with van der Waals surface area (Å²) in [6, 6.07) is 11.7. The predicted molar refractivity (Wildman–Crippen MR) is 118 cm³/mol. The number of nitrogens with zero attached hydrogens (tertiary/aromatic N) is 6. The van der Waals surface area contributed by atoms with Gasteiger partial charge in [0, 0.05) is 38.0 Å². The molecule has 1 aliphatic heterocycles. The molecule has 0 atom stereocenters. The number of carbonyl (C=O) groups is 1. The SMILES string of the molecule is Cn1ncc(Cl)c1C(=O)Nc1cc2nc(-c3ccccc3)cn2c(N2CCOCC2)n1. The second-order valence-electron chi connectivity index (χ2n) is 7.18. The molecule has 0 spiro atoms. The summed E-state index contributed by atoms with van der Waals surface area (Å²) < 4.78 is 8.87. The summed E-state index contributed by atoms with van der Waals surface area (Å²) in [6.45, 7) is 2.63. The molecule has 1 fully saturated rings. The minimum Gasteiger partial charge on any atom is -0.378 e. The molecule has 0 saturated carbocycles. The van der Waals surface area contributed by atoms with E-state index in [0.717, 1.165) is 11.3 Å². The molecule has 0 aliphatic carbocycles. The van der Waals surface area contributed by atoms with Gasteiger partial charge < -0.3 is 15.0 Å². The predicted octanol–water partition coefficient (Wildman–Crippen LogP) is 2.87. The van der Waals surface area contributed by atoms with Crippen LogP contribution in [0, 0.1) is 0 Å². The molecular formula is C21H20ClN7O2. The first-order valence-electron chi connectivity index (χ1n) is 9.87. The van der Waals surface area contributed by atoms with Gasteiger partial charge in [0.05, 0.1) is 30.1 Å². The van der Waals surface area contributed by atoms with Crippen molar-refractivity contribution in [2.75, 3.05) is 36.5 Å². The number of amides is 1. The van der Waals surface area contributed by atoms with Gasteiger partial charge in [0.1, 0.15) is 17.2 Å². The third-order valence-corrected chi connectivity index (χ3v) is 5.43. The van der Waals surface area contributed by atoms with Crippen LogP contribution >= 0.6 is 11.6 Å². The molecule has 1 N–H and O–H groups in total. The number of fused-ring (bicyclic) bond motifs is 1. The van der Waals surface area contributed by atoms with Crippen molar-refractivity contribution in [2.45, 2.75) is 0 Å². The normalized spacial score (nSPS) is 14.2. The Morgan fingerprint density at radius 2 is 1.94 bits per heavy atom. The van der Waals surface area contributed by atoms with Crippen LogP contribution in [0.15, 0.2) is 48.8 Å². The van der Waals surface area contributed by atoms with E-state index < -0.39 is 0 Å². The second kappa shape index (κ2) is 8.01. The molecule has 1 amide bonds. The van der Waals surface area contributed by atoms with Crippen LogP contribution in [0.25, 0.3) is 16.9 Å². The Morgan fingerprint density at radius 3 is 2.65 bits per heavy atom. The number of benzene rings is 1. The molecule has 10 heteroatoms. The van der Waals surface area contributed by atoms with Gasteiger partial charge in [0.25, 0.3) is 5.91 Å². The van der Waals surface area contributed by atoms with Crippen LogP contribution in [0.4, 0.5) is 11.8 Å². The summed E-state index contributed by atoms with van der Waals surface area (Å²) in [5, 5.41) is 7.14. The van der Waals surface area contributed by atoms with Gasteiger partial charge in [0.2, 0.25) is 5.95 Å². The molecular weight excluding hydrogens is 418 g/mol. The van der Waals surface area contributed by atoms with Crippen molar-refractivity contribution < 1.29 is 9.53 Å². The molecule has 5 rings (SSSR count). The van der Waals surface area contributed by atoms with Crippen LogP contribution < -0.4 is 10.2 Å². The van der Waals surface area contributed by atoms with E-state index >= 15 is 0 Å². The first-order valence-corrected chi connectivity index (χ1v) is 10.2. The van der Waals surface area contributed by atoms with Gasteiger partial charge in [-0.05, 0) is 0 Å². The maximum Gasteiger partial charge on any atom is 0.276 e. The lowest BCUT2D eigenvalue weighted by Crippen LogP contribution is -2.38. The number of anilines is 2. The minimum atomic E-state index is -0.385. The maximum absolute atomic E-state index is 12.8. The van der Waals surface area contributed by atoms with Crippen LogP contribution in [0.2, 0.25) is 5.02 Å². The highest BCUT2D eigenvalue weighted by Gasteiger charge is 2.21. The fourth-order valence-corrected chi connectivity index (χ4v) is 3.86. The number of aryl methyl sites for hydroxylation is 1. The topological polar surface area (TPSA) is 89.6 Å².